The van der Waals surface area contributed by atoms with Gasteiger partial charge in [0.15, 0.2) is 0 Å². The van der Waals surface area contributed by atoms with Crippen LogP contribution >= 0.6 is 15.9 Å². The van der Waals surface area contributed by atoms with Crippen LogP contribution in [0.4, 0.5) is 0 Å². The maximum Gasteiger partial charge on any atom is 0.308 e. The van der Waals surface area contributed by atoms with Gasteiger partial charge in [-0.15, -0.1) is 0 Å². The summed E-state index contributed by atoms with van der Waals surface area (Å²) >= 11 is 3.36. The quantitative estimate of drug-likeness (QED) is 0.883. The molecule has 20 heavy (non-hydrogen) atoms. The summed E-state index contributed by atoms with van der Waals surface area (Å²) in [6.07, 6.45) is 5.10. The van der Waals surface area contributed by atoms with Crippen molar-refractivity contribution in [3.63, 3.8) is 0 Å². The average molecular weight is 343 g/mol. The Morgan fingerprint density at radius 3 is 2.80 bits per heavy atom. The third-order valence-corrected chi connectivity index (χ3v) is 4.27. The number of nitrogens with zero attached hydrogens (tertiary/aromatic N) is 1. The number of carbonyl (C=O) groups excluding carboxylic acids is 1. The van der Waals surface area contributed by atoms with Gasteiger partial charge < -0.3 is 15.0 Å². The minimum absolute atomic E-state index is 0.198. The minimum atomic E-state index is -0.818. The number of aryl methyl sites for hydroxylation is 1. The van der Waals surface area contributed by atoms with Gasteiger partial charge >= 0.3 is 5.97 Å². The maximum absolute atomic E-state index is 12.3. The van der Waals surface area contributed by atoms with Gasteiger partial charge in [0.25, 0.3) is 5.91 Å². The molecule has 0 aromatic carbocycles. The Morgan fingerprint density at radius 1 is 1.45 bits per heavy atom. The zero-order valence-corrected chi connectivity index (χ0v) is 13.0. The molecule has 2 N–H and O–H groups in total. The molecule has 6 heteroatoms. The first-order chi connectivity index (χ1) is 9.52. The maximum atomic E-state index is 12.3. The number of carboxylic acids is 1. The van der Waals surface area contributed by atoms with E-state index in [-0.39, 0.29) is 11.9 Å². The van der Waals surface area contributed by atoms with E-state index in [1.807, 2.05) is 17.7 Å². The van der Waals surface area contributed by atoms with E-state index >= 15 is 0 Å². The summed E-state index contributed by atoms with van der Waals surface area (Å²) in [6, 6.07) is 1.49. The van der Waals surface area contributed by atoms with E-state index < -0.39 is 11.9 Å². The Morgan fingerprint density at radius 2 is 2.15 bits per heavy atom. The molecule has 1 amide bonds. The molecule has 2 unspecified atom stereocenters. The van der Waals surface area contributed by atoms with E-state index in [1.54, 1.807) is 6.07 Å². The summed E-state index contributed by atoms with van der Waals surface area (Å²) < 4.78 is 2.70. The molecule has 0 radical (unpaired) electrons. The molecule has 1 aliphatic carbocycles. The van der Waals surface area contributed by atoms with Gasteiger partial charge in [0, 0.05) is 23.3 Å². The van der Waals surface area contributed by atoms with Crippen molar-refractivity contribution in [3.05, 3.63) is 22.4 Å². The summed E-state index contributed by atoms with van der Waals surface area (Å²) in [7, 11) is 0. The fraction of sp³-hybridized carbons (Fsp3) is 0.571. The van der Waals surface area contributed by atoms with E-state index in [4.69, 9.17) is 0 Å². The van der Waals surface area contributed by atoms with Crippen molar-refractivity contribution in [1.29, 1.82) is 0 Å². The predicted octanol–water partition coefficient (Wildman–Crippen LogP) is 2.64. The summed E-state index contributed by atoms with van der Waals surface area (Å²) in [5, 5.41) is 12.1. The summed E-state index contributed by atoms with van der Waals surface area (Å²) in [4.78, 5) is 23.6. The van der Waals surface area contributed by atoms with Crippen LogP contribution in [0.5, 0.6) is 0 Å². The predicted molar refractivity (Wildman–Crippen MR) is 78.7 cm³/mol. The number of carbonyl (C=O) groups is 2. The van der Waals surface area contributed by atoms with Gasteiger partial charge in [-0.05, 0) is 41.8 Å². The molecular formula is C14H19BrN2O3. The lowest BCUT2D eigenvalue weighted by Crippen LogP contribution is -2.45. The number of hydrogen-bond acceptors (Lipinski definition) is 2. The number of halogens is 1. The topological polar surface area (TPSA) is 71.3 Å². The van der Waals surface area contributed by atoms with Crippen LogP contribution in [0, 0.1) is 5.92 Å². The van der Waals surface area contributed by atoms with Crippen molar-refractivity contribution < 1.29 is 14.7 Å². The number of amides is 1. The van der Waals surface area contributed by atoms with E-state index in [2.05, 4.69) is 21.2 Å². The summed E-state index contributed by atoms with van der Waals surface area (Å²) in [5.74, 6) is -1.49. The Labute approximate surface area is 126 Å². The summed E-state index contributed by atoms with van der Waals surface area (Å²) in [6.45, 7) is 2.66. The highest BCUT2D eigenvalue weighted by molar-refractivity contribution is 9.10. The van der Waals surface area contributed by atoms with Crippen LogP contribution in [-0.4, -0.2) is 27.6 Å². The molecule has 1 aliphatic rings. The molecule has 1 aromatic heterocycles. The largest absolute Gasteiger partial charge is 0.481 e. The zero-order chi connectivity index (χ0) is 14.7. The third-order valence-electron chi connectivity index (χ3n) is 3.84. The lowest BCUT2D eigenvalue weighted by molar-refractivity contribution is -0.143. The Bertz CT molecular complexity index is 513. The number of hydrogen-bond donors (Lipinski definition) is 2. The first-order valence-corrected chi connectivity index (χ1v) is 7.71. The Balaban J connectivity index is 2.11. The normalized spacial score (nSPS) is 22.5. The van der Waals surface area contributed by atoms with Gasteiger partial charge in [-0.1, -0.05) is 12.8 Å². The second-order valence-corrected chi connectivity index (χ2v) is 6.05. The molecule has 0 aliphatic heterocycles. The second-order valence-electron chi connectivity index (χ2n) is 5.14. The van der Waals surface area contributed by atoms with Gasteiger partial charge in [0.1, 0.15) is 5.69 Å². The van der Waals surface area contributed by atoms with E-state index in [0.29, 0.717) is 18.7 Å². The molecule has 2 atom stereocenters. The van der Waals surface area contributed by atoms with Crippen LogP contribution in [-0.2, 0) is 11.3 Å². The van der Waals surface area contributed by atoms with E-state index in [0.717, 1.165) is 23.7 Å². The van der Waals surface area contributed by atoms with Crippen molar-refractivity contribution in [2.24, 2.45) is 5.92 Å². The number of aromatic nitrogens is 1. The highest BCUT2D eigenvalue weighted by atomic mass is 79.9. The van der Waals surface area contributed by atoms with Gasteiger partial charge in [0.05, 0.1) is 5.92 Å². The molecule has 0 bridgehead atoms. The summed E-state index contributed by atoms with van der Waals surface area (Å²) in [5.41, 5.74) is 0.564. The highest BCUT2D eigenvalue weighted by Gasteiger charge is 2.32. The first-order valence-electron chi connectivity index (χ1n) is 6.92. The number of aliphatic carboxylic acids is 1. The molecule has 1 aromatic rings. The number of rotatable bonds is 4. The third kappa shape index (κ3) is 3.23. The van der Waals surface area contributed by atoms with E-state index in [1.165, 1.54) is 0 Å². The Kier molecular flexibility index (Phi) is 4.86. The molecule has 2 rings (SSSR count). The first kappa shape index (κ1) is 15.1. The average Bonchev–Trinajstić information content (AvgIpc) is 2.80. The van der Waals surface area contributed by atoms with Crippen LogP contribution in [0.15, 0.2) is 16.7 Å². The second kappa shape index (κ2) is 6.43. The number of carboxylic acid groups (broad SMARTS) is 1. The van der Waals surface area contributed by atoms with Crippen LogP contribution in [0.3, 0.4) is 0 Å². The SMILES string of the molecule is CCn1cc(Br)cc1C(=O)NC1CCCCC1C(=O)O. The van der Waals surface area contributed by atoms with Crippen LogP contribution in [0.2, 0.25) is 0 Å². The van der Waals surface area contributed by atoms with Gasteiger partial charge in [0.2, 0.25) is 0 Å². The molecular weight excluding hydrogens is 324 g/mol. The minimum Gasteiger partial charge on any atom is -0.481 e. The van der Waals surface area contributed by atoms with Crippen molar-refractivity contribution in [3.8, 4) is 0 Å². The standard InChI is InChI=1S/C14H19BrN2O3/c1-2-17-8-9(15)7-12(17)13(18)16-11-6-4-3-5-10(11)14(19)20/h7-8,10-11H,2-6H2,1H3,(H,16,18)(H,19,20). The molecule has 0 saturated heterocycles. The van der Waals surface area contributed by atoms with Gasteiger partial charge in [-0.25, -0.2) is 0 Å². The molecule has 1 fully saturated rings. The van der Waals surface area contributed by atoms with Crippen molar-refractivity contribution >= 4 is 27.8 Å². The monoisotopic (exact) mass is 342 g/mol. The molecule has 1 saturated carbocycles. The highest BCUT2D eigenvalue weighted by Crippen LogP contribution is 2.25. The smallest absolute Gasteiger partial charge is 0.308 e. The van der Waals surface area contributed by atoms with Crippen molar-refractivity contribution in [1.82, 2.24) is 9.88 Å². The number of nitrogens with one attached hydrogen (secondary N) is 1. The van der Waals surface area contributed by atoms with Crippen molar-refractivity contribution in [2.45, 2.75) is 45.2 Å². The van der Waals surface area contributed by atoms with Crippen molar-refractivity contribution in [2.75, 3.05) is 0 Å². The lowest BCUT2D eigenvalue weighted by atomic mass is 9.84. The molecule has 1 heterocycles. The molecule has 5 nitrogen and oxygen atoms in total. The lowest BCUT2D eigenvalue weighted by Gasteiger charge is -2.29. The fourth-order valence-electron chi connectivity index (χ4n) is 2.77. The molecule has 0 spiro atoms. The van der Waals surface area contributed by atoms with Crippen LogP contribution < -0.4 is 5.32 Å². The van der Waals surface area contributed by atoms with E-state index in [9.17, 15) is 14.7 Å². The fourth-order valence-corrected chi connectivity index (χ4v) is 3.23. The Hall–Kier alpha value is -1.30. The van der Waals surface area contributed by atoms with Gasteiger partial charge in [-0.2, -0.15) is 0 Å². The van der Waals surface area contributed by atoms with Crippen LogP contribution in [0.25, 0.3) is 0 Å². The zero-order valence-electron chi connectivity index (χ0n) is 11.4. The molecule has 110 valence electrons. The van der Waals surface area contributed by atoms with Gasteiger partial charge in [-0.3, -0.25) is 9.59 Å². The van der Waals surface area contributed by atoms with Crippen LogP contribution in [0.1, 0.15) is 43.1 Å².